The number of hydrogen-bond acceptors (Lipinski definition) is 6. The van der Waals surface area contributed by atoms with Crippen LogP contribution in [0.2, 0.25) is 5.02 Å². The first-order valence-electron chi connectivity index (χ1n) is 9.38. The molecule has 0 spiro atoms. The summed E-state index contributed by atoms with van der Waals surface area (Å²) in [6, 6.07) is 11.0. The van der Waals surface area contributed by atoms with E-state index in [1.165, 1.54) is 23.1 Å². The van der Waals surface area contributed by atoms with Crippen molar-refractivity contribution in [3.8, 4) is 10.4 Å². The second kappa shape index (κ2) is 9.40. The van der Waals surface area contributed by atoms with Crippen molar-refractivity contribution in [2.45, 2.75) is 23.9 Å². The molecule has 0 fully saturated rings. The SMILES string of the molecule is C=CCn1c(SC(C)C(=O)Nc2ccccc2Cl)nc2scc(-c3cccs3)c2c1=O. The highest BCUT2D eigenvalue weighted by atomic mass is 35.5. The van der Waals surface area contributed by atoms with E-state index in [4.69, 9.17) is 16.6 Å². The van der Waals surface area contributed by atoms with Crippen LogP contribution in [-0.2, 0) is 11.3 Å². The van der Waals surface area contributed by atoms with Gasteiger partial charge < -0.3 is 5.32 Å². The number of aromatic nitrogens is 2. The molecule has 3 aromatic heterocycles. The Hall–Kier alpha value is -2.39. The van der Waals surface area contributed by atoms with E-state index in [-0.39, 0.29) is 11.5 Å². The first kappa shape index (κ1) is 21.8. The molecule has 3 heterocycles. The number of fused-ring (bicyclic) bond motifs is 1. The topological polar surface area (TPSA) is 64.0 Å². The minimum atomic E-state index is -0.492. The van der Waals surface area contributed by atoms with Crippen LogP contribution in [0.15, 0.2) is 69.8 Å². The quantitative estimate of drug-likeness (QED) is 0.193. The highest BCUT2D eigenvalue weighted by Crippen LogP contribution is 2.35. The van der Waals surface area contributed by atoms with Crippen molar-refractivity contribution in [2.24, 2.45) is 0 Å². The number of halogens is 1. The molecule has 0 aliphatic rings. The van der Waals surface area contributed by atoms with Crippen LogP contribution in [0.25, 0.3) is 20.7 Å². The van der Waals surface area contributed by atoms with Crippen molar-refractivity contribution in [1.82, 2.24) is 9.55 Å². The van der Waals surface area contributed by atoms with E-state index in [0.29, 0.717) is 32.6 Å². The zero-order chi connectivity index (χ0) is 22.0. The number of nitrogens with one attached hydrogen (secondary N) is 1. The third-order valence-electron chi connectivity index (χ3n) is 4.54. The Morgan fingerprint density at radius 2 is 2.13 bits per heavy atom. The highest BCUT2D eigenvalue weighted by Gasteiger charge is 2.22. The standard InChI is InChI=1S/C22H18ClN3O2S3/c1-3-10-26-21(28)18-14(17-9-6-11-29-17)12-30-20(18)25-22(26)31-13(2)19(27)24-16-8-5-4-7-15(16)23/h3-9,11-13H,1,10H2,2H3,(H,24,27). The number of thiophene rings is 2. The predicted octanol–water partition coefficient (Wildman–Crippen LogP) is 6.15. The van der Waals surface area contributed by atoms with E-state index in [2.05, 4.69) is 11.9 Å². The van der Waals surface area contributed by atoms with E-state index in [1.54, 1.807) is 53.2 Å². The van der Waals surface area contributed by atoms with Crippen molar-refractivity contribution in [3.05, 3.63) is 75.2 Å². The minimum absolute atomic E-state index is 0.129. The summed E-state index contributed by atoms with van der Waals surface area (Å²) in [6.07, 6.45) is 1.66. The van der Waals surface area contributed by atoms with E-state index in [9.17, 15) is 9.59 Å². The lowest BCUT2D eigenvalue weighted by atomic mass is 10.2. The number of carbonyl (C=O) groups excluding carboxylic acids is 1. The van der Waals surface area contributed by atoms with E-state index >= 15 is 0 Å². The average molecular weight is 488 g/mol. The molecule has 0 aliphatic carbocycles. The van der Waals surface area contributed by atoms with Gasteiger partial charge in [0, 0.05) is 22.4 Å². The molecule has 9 heteroatoms. The lowest BCUT2D eigenvalue weighted by Crippen LogP contribution is -2.26. The molecule has 1 N–H and O–H groups in total. The summed E-state index contributed by atoms with van der Waals surface area (Å²) in [7, 11) is 0. The molecular formula is C22H18ClN3O2S3. The van der Waals surface area contributed by atoms with Crippen molar-refractivity contribution >= 4 is 67.8 Å². The number of benzene rings is 1. The summed E-state index contributed by atoms with van der Waals surface area (Å²) >= 11 is 10.4. The van der Waals surface area contributed by atoms with Gasteiger partial charge in [-0.05, 0) is 30.5 Å². The number of para-hydroxylation sites is 1. The van der Waals surface area contributed by atoms with Crippen LogP contribution in [0.1, 0.15) is 6.92 Å². The van der Waals surface area contributed by atoms with Crippen molar-refractivity contribution in [1.29, 1.82) is 0 Å². The van der Waals surface area contributed by atoms with Gasteiger partial charge in [-0.25, -0.2) is 4.98 Å². The molecule has 31 heavy (non-hydrogen) atoms. The Morgan fingerprint density at radius 1 is 1.32 bits per heavy atom. The van der Waals surface area contributed by atoms with Crippen LogP contribution in [-0.4, -0.2) is 20.7 Å². The molecule has 5 nitrogen and oxygen atoms in total. The number of hydrogen-bond donors (Lipinski definition) is 1. The maximum absolute atomic E-state index is 13.4. The summed E-state index contributed by atoms with van der Waals surface area (Å²) in [5, 5.41) is 7.85. The van der Waals surface area contributed by atoms with Gasteiger partial charge >= 0.3 is 0 Å². The summed E-state index contributed by atoms with van der Waals surface area (Å²) in [5.41, 5.74) is 1.31. The first-order chi connectivity index (χ1) is 15.0. The molecule has 1 atom stereocenters. The van der Waals surface area contributed by atoms with Crippen LogP contribution in [0.5, 0.6) is 0 Å². The number of anilines is 1. The maximum Gasteiger partial charge on any atom is 0.263 e. The number of amides is 1. The van der Waals surface area contributed by atoms with Gasteiger partial charge in [-0.15, -0.1) is 29.3 Å². The molecule has 0 aliphatic heterocycles. The van der Waals surface area contributed by atoms with E-state index in [0.717, 1.165) is 10.4 Å². The fraction of sp³-hybridized carbons (Fsp3) is 0.136. The van der Waals surface area contributed by atoms with Gasteiger partial charge in [-0.2, -0.15) is 0 Å². The van der Waals surface area contributed by atoms with Gasteiger partial charge in [-0.1, -0.05) is 47.6 Å². The zero-order valence-corrected chi connectivity index (χ0v) is 19.7. The fourth-order valence-electron chi connectivity index (χ4n) is 3.01. The molecule has 1 unspecified atom stereocenters. The van der Waals surface area contributed by atoms with E-state index < -0.39 is 5.25 Å². The third kappa shape index (κ3) is 4.48. The number of carbonyl (C=O) groups is 1. The molecule has 0 saturated carbocycles. The largest absolute Gasteiger partial charge is 0.324 e. The molecule has 0 bridgehead atoms. The maximum atomic E-state index is 13.4. The lowest BCUT2D eigenvalue weighted by molar-refractivity contribution is -0.115. The molecule has 158 valence electrons. The van der Waals surface area contributed by atoms with Crippen molar-refractivity contribution in [2.75, 3.05) is 5.32 Å². The second-order valence-electron chi connectivity index (χ2n) is 6.63. The normalized spacial score (nSPS) is 12.1. The fourth-order valence-corrected chi connectivity index (χ4v) is 5.91. The van der Waals surface area contributed by atoms with Crippen LogP contribution in [0.3, 0.4) is 0 Å². The lowest BCUT2D eigenvalue weighted by Gasteiger charge is -2.15. The predicted molar refractivity (Wildman–Crippen MR) is 133 cm³/mol. The smallest absolute Gasteiger partial charge is 0.263 e. The van der Waals surface area contributed by atoms with Crippen molar-refractivity contribution in [3.63, 3.8) is 0 Å². The van der Waals surface area contributed by atoms with Gasteiger partial charge in [0.1, 0.15) is 4.83 Å². The highest BCUT2D eigenvalue weighted by molar-refractivity contribution is 8.00. The minimum Gasteiger partial charge on any atom is -0.324 e. The number of allylic oxidation sites excluding steroid dienone is 1. The average Bonchev–Trinajstić information content (AvgIpc) is 3.42. The number of nitrogens with zero attached hydrogens (tertiary/aromatic N) is 2. The van der Waals surface area contributed by atoms with Gasteiger partial charge in [0.25, 0.3) is 5.56 Å². The molecule has 1 aromatic carbocycles. The Morgan fingerprint density at radius 3 is 2.84 bits per heavy atom. The Bertz CT molecular complexity index is 1310. The number of rotatable bonds is 7. The molecule has 0 saturated heterocycles. The van der Waals surface area contributed by atoms with Crippen LogP contribution >= 0.6 is 46.0 Å². The second-order valence-corrected chi connectivity index (χ2v) is 10.2. The zero-order valence-electron chi connectivity index (χ0n) is 16.5. The van der Waals surface area contributed by atoms with Crippen LogP contribution < -0.4 is 10.9 Å². The summed E-state index contributed by atoms with van der Waals surface area (Å²) in [4.78, 5) is 32.5. The third-order valence-corrected chi connectivity index (χ3v) is 7.74. The summed E-state index contributed by atoms with van der Waals surface area (Å²) < 4.78 is 1.57. The Kier molecular flexibility index (Phi) is 6.62. The van der Waals surface area contributed by atoms with Gasteiger partial charge in [-0.3, -0.25) is 14.2 Å². The monoisotopic (exact) mass is 487 g/mol. The molecule has 4 aromatic rings. The number of thioether (sulfide) groups is 1. The summed E-state index contributed by atoms with van der Waals surface area (Å²) in [6.45, 7) is 5.85. The van der Waals surface area contributed by atoms with Crippen molar-refractivity contribution < 1.29 is 4.79 Å². The molecular weight excluding hydrogens is 470 g/mol. The first-order valence-corrected chi connectivity index (χ1v) is 12.4. The van der Waals surface area contributed by atoms with E-state index in [1.807, 2.05) is 22.9 Å². The van der Waals surface area contributed by atoms with Crippen LogP contribution in [0.4, 0.5) is 5.69 Å². The Labute approximate surface area is 196 Å². The Balaban J connectivity index is 1.67. The molecule has 4 rings (SSSR count). The molecule has 0 radical (unpaired) electrons. The molecule has 1 amide bonds. The van der Waals surface area contributed by atoms with Gasteiger partial charge in [0.05, 0.1) is 21.3 Å². The summed E-state index contributed by atoms with van der Waals surface area (Å²) in [5.74, 6) is -0.219. The van der Waals surface area contributed by atoms with Gasteiger partial charge in [0.15, 0.2) is 5.16 Å². The van der Waals surface area contributed by atoms with Crippen LogP contribution in [0, 0.1) is 0 Å². The van der Waals surface area contributed by atoms with Gasteiger partial charge in [0.2, 0.25) is 5.91 Å².